The predicted octanol–water partition coefficient (Wildman–Crippen LogP) is 4.28. The third-order valence-corrected chi connectivity index (χ3v) is 5.80. The molecule has 1 aliphatic rings. The van der Waals surface area contributed by atoms with Crippen molar-refractivity contribution in [3.8, 4) is 0 Å². The second-order valence-electron chi connectivity index (χ2n) is 8.33. The Labute approximate surface area is 193 Å². The van der Waals surface area contributed by atoms with Crippen molar-refractivity contribution in [1.82, 2.24) is 4.90 Å². The van der Waals surface area contributed by atoms with Gasteiger partial charge in [0.1, 0.15) is 0 Å². The SMILES string of the molecule is Cc1cccc(NC(=O)c2ccccc2NC(=O)C2CC(=O)N(CCc3ccccc3)C2)c1. The van der Waals surface area contributed by atoms with Crippen molar-refractivity contribution < 1.29 is 14.4 Å². The number of likely N-dealkylation sites (tertiary alicyclic amines) is 1. The molecular weight excluding hydrogens is 414 g/mol. The fourth-order valence-corrected chi connectivity index (χ4v) is 4.02. The molecule has 0 aromatic heterocycles. The molecule has 0 spiro atoms. The Morgan fingerprint density at radius 3 is 2.48 bits per heavy atom. The molecule has 0 saturated carbocycles. The fraction of sp³-hybridized carbons (Fsp3) is 0.222. The maximum atomic E-state index is 12.9. The number of nitrogens with one attached hydrogen (secondary N) is 2. The van der Waals surface area contributed by atoms with Gasteiger partial charge in [-0.2, -0.15) is 0 Å². The molecule has 0 bridgehead atoms. The standard InChI is InChI=1S/C27H27N3O3/c1-19-8-7-11-22(16-19)28-27(33)23-12-5-6-13-24(23)29-26(32)21-17-25(31)30(18-21)15-14-20-9-3-2-4-10-20/h2-13,16,21H,14-15,17-18H2,1H3,(H,28,33)(H,29,32). The molecular formula is C27H27N3O3. The van der Waals surface area contributed by atoms with Crippen molar-refractivity contribution in [2.24, 2.45) is 5.92 Å². The summed E-state index contributed by atoms with van der Waals surface area (Å²) in [6, 6.07) is 24.4. The zero-order valence-electron chi connectivity index (χ0n) is 18.6. The van der Waals surface area contributed by atoms with E-state index < -0.39 is 5.92 Å². The Morgan fingerprint density at radius 1 is 0.939 bits per heavy atom. The van der Waals surface area contributed by atoms with Crippen LogP contribution in [-0.2, 0) is 16.0 Å². The van der Waals surface area contributed by atoms with Crippen molar-refractivity contribution in [3.63, 3.8) is 0 Å². The predicted molar refractivity (Wildman–Crippen MR) is 129 cm³/mol. The lowest BCUT2D eigenvalue weighted by molar-refractivity contribution is -0.128. The van der Waals surface area contributed by atoms with E-state index >= 15 is 0 Å². The van der Waals surface area contributed by atoms with E-state index in [4.69, 9.17) is 0 Å². The van der Waals surface area contributed by atoms with Crippen LogP contribution in [0.4, 0.5) is 11.4 Å². The highest BCUT2D eigenvalue weighted by Crippen LogP contribution is 2.23. The van der Waals surface area contributed by atoms with Gasteiger partial charge in [0.2, 0.25) is 11.8 Å². The van der Waals surface area contributed by atoms with E-state index in [2.05, 4.69) is 10.6 Å². The Bertz CT molecular complexity index is 1160. The summed E-state index contributed by atoms with van der Waals surface area (Å²) in [6.45, 7) is 2.92. The smallest absolute Gasteiger partial charge is 0.257 e. The Hall–Kier alpha value is -3.93. The number of nitrogens with zero attached hydrogens (tertiary/aromatic N) is 1. The van der Waals surface area contributed by atoms with E-state index in [1.165, 1.54) is 0 Å². The summed E-state index contributed by atoms with van der Waals surface area (Å²) in [4.78, 5) is 40.0. The van der Waals surface area contributed by atoms with Crippen LogP contribution < -0.4 is 10.6 Å². The molecule has 0 radical (unpaired) electrons. The second-order valence-corrected chi connectivity index (χ2v) is 8.33. The van der Waals surface area contributed by atoms with Crippen LogP contribution >= 0.6 is 0 Å². The zero-order valence-corrected chi connectivity index (χ0v) is 18.6. The molecule has 1 aliphatic heterocycles. The number of benzene rings is 3. The van der Waals surface area contributed by atoms with E-state index in [0.29, 0.717) is 30.0 Å². The number of carbonyl (C=O) groups excluding carboxylic acids is 3. The Balaban J connectivity index is 1.38. The van der Waals surface area contributed by atoms with Crippen molar-refractivity contribution in [1.29, 1.82) is 0 Å². The summed E-state index contributed by atoms with van der Waals surface area (Å²) in [6.07, 6.45) is 0.932. The largest absolute Gasteiger partial charge is 0.342 e. The van der Waals surface area contributed by atoms with Crippen LogP contribution in [0, 0.1) is 12.8 Å². The average Bonchev–Trinajstić information content (AvgIpc) is 3.19. The van der Waals surface area contributed by atoms with Gasteiger partial charge in [-0.25, -0.2) is 0 Å². The molecule has 1 fully saturated rings. The lowest BCUT2D eigenvalue weighted by atomic mass is 10.1. The van der Waals surface area contributed by atoms with Crippen molar-refractivity contribution in [2.75, 3.05) is 23.7 Å². The molecule has 33 heavy (non-hydrogen) atoms. The molecule has 2 N–H and O–H groups in total. The molecule has 4 rings (SSSR count). The molecule has 1 unspecified atom stereocenters. The van der Waals surface area contributed by atoms with Crippen LogP contribution in [0.25, 0.3) is 0 Å². The number of hydrogen-bond donors (Lipinski definition) is 2. The molecule has 1 saturated heterocycles. The van der Waals surface area contributed by atoms with Gasteiger partial charge in [0.25, 0.3) is 5.91 Å². The van der Waals surface area contributed by atoms with Gasteiger partial charge in [-0.1, -0.05) is 54.6 Å². The Kier molecular flexibility index (Phi) is 6.83. The van der Waals surface area contributed by atoms with Crippen LogP contribution in [0.3, 0.4) is 0 Å². The quantitative estimate of drug-likeness (QED) is 0.575. The topological polar surface area (TPSA) is 78.5 Å². The molecule has 6 heteroatoms. The lowest BCUT2D eigenvalue weighted by Gasteiger charge is -2.17. The van der Waals surface area contributed by atoms with E-state index in [0.717, 1.165) is 17.5 Å². The minimum Gasteiger partial charge on any atom is -0.342 e. The summed E-state index contributed by atoms with van der Waals surface area (Å²) < 4.78 is 0. The van der Waals surface area contributed by atoms with Crippen LogP contribution in [0.5, 0.6) is 0 Å². The number of carbonyl (C=O) groups is 3. The summed E-state index contributed by atoms with van der Waals surface area (Å²) in [5, 5.41) is 5.74. The van der Waals surface area contributed by atoms with Crippen molar-refractivity contribution in [3.05, 3.63) is 95.6 Å². The average molecular weight is 442 g/mol. The molecule has 3 amide bonds. The number of amides is 3. The van der Waals surface area contributed by atoms with Crippen LogP contribution in [0.1, 0.15) is 27.9 Å². The van der Waals surface area contributed by atoms with Crippen LogP contribution in [0.15, 0.2) is 78.9 Å². The van der Waals surface area contributed by atoms with Crippen molar-refractivity contribution >= 4 is 29.1 Å². The number of rotatable bonds is 7. The van der Waals surface area contributed by atoms with Crippen LogP contribution in [-0.4, -0.2) is 35.7 Å². The van der Waals surface area contributed by atoms with Gasteiger partial charge >= 0.3 is 0 Å². The first-order valence-corrected chi connectivity index (χ1v) is 11.1. The van der Waals surface area contributed by atoms with Gasteiger partial charge in [0.05, 0.1) is 17.2 Å². The molecule has 1 heterocycles. The minimum absolute atomic E-state index is 0.0171. The highest BCUT2D eigenvalue weighted by molar-refractivity contribution is 6.10. The minimum atomic E-state index is -0.443. The Morgan fingerprint density at radius 2 is 1.70 bits per heavy atom. The highest BCUT2D eigenvalue weighted by Gasteiger charge is 2.34. The highest BCUT2D eigenvalue weighted by atomic mass is 16.2. The van der Waals surface area contributed by atoms with Gasteiger partial charge in [0, 0.05) is 25.2 Å². The van der Waals surface area contributed by atoms with E-state index in [1.54, 1.807) is 29.2 Å². The van der Waals surface area contributed by atoms with E-state index in [1.807, 2.05) is 61.5 Å². The molecule has 0 aliphatic carbocycles. The second kappa shape index (κ2) is 10.1. The molecule has 168 valence electrons. The van der Waals surface area contributed by atoms with Gasteiger partial charge in [-0.05, 0) is 48.7 Å². The lowest BCUT2D eigenvalue weighted by Crippen LogP contribution is -2.30. The monoisotopic (exact) mass is 441 g/mol. The molecule has 3 aromatic rings. The first-order valence-electron chi connectivity index (χ1n) is 11.1. The number of anilines is 2. The zero-order chi connectivity index (χ0) is 23.2. The van der Waals surface area contributed by atoms with Crippen molar-refractivity contribution in [2.45, 2.75) is 19.8 Å². The first kappa shape index (κ1) is 22.3. The van der Waals surface area contributed by atoms with Gasteiger partial charge in [-0.3, -0.25) is 14.4 Å². The summed E-state index contributed by atoms with van der Waals surface area (Å²) in [5.41, 5.74) is 3.70. The number of para-hydroxylation sites is 1. The maximum Gasteiger partial charge on any atom is 0.257 e. The fourth-order valence-electron chi connectivity index (χ4n) is 4.02. The summed E-state index contributed by atoms with van der Waals surface area (Å²) >= 11 is 0. The summed E-state index contributed by atoms with van der Waals surface area (Å²) in [7, 11) is 0. The number of aryl methyl sites for hydroxylation is 1. The van der Waals surface area contributed by atoms with Gasteiger partial charge in [0.15, 0.2) is 0 Å². The molecule has 3 aromatic carbocycles. The molecule has 6 nitrogen and oxygen atoms in total. The van der Waals surface area contributed by atoms with Crippen LogP contribution in [0.2, 0.25) is 0 Å². The number of hydrogen-bond acceptors (Lipinski definition) is 3. The summed E-state index contributed by atoms with van der Waals surface area (Å²) in [5.74, 6) is -1.01. The third-order valence-electron chi connectivity index (χ3n) is 5.80. The molecule has 1 atom stereocenters. The third kappa shape index (κ3) is 5.66. The van der Waals surface area contributed by atoms with E-state index in [-0.39, 0.29) is 24.1 Å². The maximum absolute atomic E-state index is 12.9. The normalized spacial score (nSPS) is 15.4. The van der Waals surface area contributed by atoms with E-state index in [9.17, 15) is 14.4 Å². The van der Waals surface area contributed by atoms with Gasteiger partial charge in [-0.15, -0.1) is 0 Å². The first-order chi connectivity index (χ1) is 16.0. The van der Waals surface area contributed by atoms with Gasteiger partial charge < -0.3 is 15.5 Å².